The van der Waals surface area contributed by atoms with Gasteiger partial charge in [-0.2, -0.15) is 0 Å². The highest BCUT2D eigenvalue weighted by molar-refractivity contribution is 6.35. The third kappa shape index (κ3) is 4.32. The first-order valence-corrected chi connectivity index (χ1v) is 7.62. The number of halogens is 2. The number of anilines is 2. The van der Waals surface area contributed by atoms with Gasteiger partial charge in [-0.3, -0.25) is 4.79 Å². The normalized spacial score (nSPS) is 11.8. The molecule has 0 bridgehead atoms. The average Bonchev–Trinajstić information content (AvgIpc) is 2.51. The number of nitrogens with one attached hydrogen (secondary N) is 2. The largest absolute Gasteiger partial charge is 0.366 e. The summed E-state index contributed by atoms with van der Waals surface area (Å²) in [6, 6.07) is 8.45. The van der Waals surface area contributed by atoms with Gasteiger partial charge in [0.05, 0.1) is 10.7 Å². The number of carbonyl (C=O) groups excluding carboxylic acids is 1. The van der Waals surface area contributed by atoms with Crippen molar-refractivity contribution >= 4 is 40.6 Å². The summed E-state index contributed by atoms with van der Waals surface area (Å²) in [4.78, 5) is 12.1. The Morgan fingerprint density at radius 2 is 2.00 bits per heavy atom. The molecule has 1 aromatic heterocycles. The first-order valence-electron chi connectivity index (χ1n) is 6.86. The molecule has 2 rings (SSSR count). The summed E-state index contributed by atoms with van der Waals surface area (Å²) in [6.07, 6.45) is 0.969. The number of carbonyl (C=O) groups is 1. The quantitative estimate of drug-likeness (QED) is 0.855. The van der Waals surface area contributed by atoms with Crippen LogP contribution in [0.15, 0.2) is 30.3 Å². The van der Waals surface area contributed by atoms with Gasteiger partial charge in [-0.15, -0.1) is 10.2 Å². The van der Waals surface area contributed by atoms with E-state index in [1.54, 1.807) is 30.3 Å². The molecule has 0 spiro atoms. The lowest BCUT2D eigenvalue weighted by Gasteiger charge is -2.11. The predicted octanol–water partition coefficient (Wildman–Crippen LogP) is 4.25. The van der Waals surface area contributed by atoms with Crippen LogP contribution < -0.4 is 10.6 Å². The van der Waals surface area contributed by atoms with Crippen molar-refractivity contribution in [1.82, 2.24) is 10.2 Å². The minimum atomic E-state index is -0.397. The van der Waals surface area contributed by atoms with E-state index in [1.165, 1.54) is 0 Å². The summed E-state index contributed by atoms with van der Waals surface area (Å²) >= 11 is 11.9. The molecule has 7 heteroatoms. The van der Waals surface area contributed by atoms with Crippen LogP contribution in [-0.2, 0) is 0 Å². The molecule has 0 saturated heterocycles. The molecule has 0 aliphatic rings. The van der Waals surface area contributed by atoms with E-state index < -0.39 is 5.91 Å². The number of benzene rings is 1. The fraction of sp³-hybridized carbons (Fsp3) is 0.267. The molecule has 1 unspecified atom stereocenters. The van der Waals surface area contributed by atoms with Crippen molar-refractivity contribution in [3.05, 3.63) is 46.1 Å². The second-order valence-corrected chi connectivity index (χ2v) is 5.68. The van der Waals surface area contributed by atoms with Crippen molar-refractivity contribution < 1.29 is 4.79 Å². The molecule has 22 heavy (non-hydrogen) atoms. The Balaban J connectivity index is 2.08. The van der Waals surface area contributed by atoms with Crippen LogP contribution >= 0.6 is 23.2 Å². The van der Waals surface area contributed by atoms with Crippen LogP contribution in [0.5, 0.6) is 0 Å². The molecule has 1 aromatic carbocycles. The van der Waals surface area contributed by atoms with Crippen LogP contribution in [-0.4, -0.2) is 22.1 Å². The molecule has 0 aliphatic carbocycles. The molecular formula is C15H16Cl2N4O. The maximum absolute atomic E-state index is 12.1. The second-order valence-electron chi connectivity index (χ2n) is 4.84. The molecular weight excluding hydrogens is 323 g/mol. The molecule has 0 fully saturated rings. The highest BCUT2D eigenvalue weighted by atomic mass is 35.5. The monoisotopic (exact) mass is 338 g/mol. The second kappa shape index (κ2) is 7.42. The topological polar surface area (TPSA) is 66.9 Å². The Morgan fingerprint density at radius 3 is 2.64 bits per heavy atom. The van der Waals surface area contributed by atoms with Crippen molar-refractivity contribution in [2.75, 3.05) is 10.6 Å². The summed E-state index contributed by atoms with van der Waals surface area (Å²) in [6.45, 7) is 4.12. The van der Waals surface area contributed by atoms with Crippen molar-refractivity contribution in [2.45, 2.75) is 26.3 Å². The zero-order chi connectivity index (χ0) is 16.1. The summed E-state index contributed by atoms with van der Waals surface area (Å²) in [5, 5.41) is 14.6. The van der Waals surface area contributed by atoms with E-state index >= 15 is 0 Å². The van der Waals surface area contributed by atoms with Crippen molar-refractivity contribution in [1.29, 1.82) is 0 Å². The highest BCUT2D eigenvalue weighted by Gasteiger charge is 2.11. The van der Waals surface area contributed by atoms with E-state index in [0.717, 1.165) is 6.42 Å². The smallest absolute Gasteiger partial charge is 0.276 e. The molecule has 2 N–H and O–H groups in total. The zero-order valence-electron chi connectivity index (χ0n) is 12.2. The minimum Gasteiger partial charge on any atom is -0.366 e. The van der Waals surface area contributed by atoms with Crippen LogP contribution in [0.1, 0.15) is 30.8 Å². The van der Waals surface area contributed by atoms with Crippen LogP contribution in [0.3, 0.4) is 0 Å². The zero-order valence-corrected chi connectivity index (χ0v) is 13.7. The maximum atomic E-state index is 12.1. The molecule has 5 nitrogen and oxygen atoms in total. The third-order valence-corrected chi connectivity index (χ3v) is 3.65. The lowest BCUT2D eigenvalue weighted by Crippen LogP contribution is -2.17. The number of hydrogen-bond acceptors (Lipinski definition) is 4. The molecule has 0 saturated carbocycles. The summed E-state index contributed by atoms with van der Waals surface area (Å²) in [7, 11) is 0. The Labute approximate surface area is 139 Å². The van der Waals surface area contributed by atoms with Crippen molar-refractivity contribution in [3.8, 4) is 0 Å². The molecule has 0 radical (unpaired) electrons. The Hall–Kier alpha value is -1.85. The van der Waals surface area contributed by atoms with E-state index in [4.69, 9.17) is 23.2 Å². The summed E-state index contributed by atoms with van der Waals surface area (Å²) in [5.41, 5.74) is 0.633. The van der Waals surface area contributed by atoms with Gasteiger partial charge in [-0.25, -0.2) is 0 Å². The average molecular weight is 339 g/mol. The maximum Gasteiger partial charge on any atom is 0.276 e. The number of hydrogen-bond donors (Lipinski definition) is 2. The van der Waals surface area contributed by atoms with E-state index in [9.17, 15) is 4.79 Å². The lowest BCUT2D eigenvalue weighted by molar-refractivity contribution is 0.102. The number of aromatic nitrogens is 2. The van der Waals surface area contributed by atoms with Crippen LogP contribution in [0, 0.1) is 0 Å². The van der Waals surface area contributed by atoms with Crippen LogP contribution in [0.25, 0.3) is 0 Å². The van der Waals surface area contributed by atoms with E-state index in [2.05, 4.69) is 27.8 Å². The third-order valence-electron chi connectivity index (χ3n) is 3.08. The first kappa shape index (κ1) is 16.5. The minimum absolute atomic E-state index is 0.200. The van der Waals surface area contributed by atoms with Gasteiger partial charge in [0.15, 0.2) is 5.69 Å². The molecule has 0 aliphatic heterocycles. The Bertz CT molecular complexity index is 661. The van der Waals surface area contributed by atoms with Gasteiger partial charge in [0, 0.05) is 11.1 Å². The molecule has 2 aromatic rings. The fourth-order valence-electron chi connectivity index (χ4n) is 1.66. The van der Waals surface area contributed by atoms with E-state index in [1.807, 2.05) is 6.92 Å². The number of amides is 1. The standard InChI is InChI=1S/C15H16Cl2N4O/c1-3-9(2)18-14-7-6-12(20-21-14)15(22)19-13-8-10(16)4-5-11(13)17/h4-9H,3H2,1-2H3,(H,18,21)(H,19,22). The van der Waals surface area contributed by atoms with E-state index in [0.29, 0.717) is 27.6 Å². The van der Waals surface area contributed by atoms with E-state index in [-0.39, 0.29) is 5.69 Å². The van der Waals surface area contributed by atoms with Crippen LogP contribution in [0.2, 0.25) is 10.0 Å². The van der Waals surface area contributed by atoms with Gasteiger partial charge >= 0.3 is 0 Å². The van der Waals surface area contributed by atoms with Gasteiger partial charge in [-0.05, 0) is 43.7 Å². The van der Waals surface area contributed by atoms with Gasteiger partial charge < -0.3 is 10.6 Å². The fourth-order valence-corrected chi connectivity index (χ4v) is 2.00. The van der Waals surface area contributed by atoms with Gasteiger partial charge in [0.2, 0.25) is 0 Å². The summed E-state index contributed by atoms with van der Waals surface area (Å²) in [5.74, 6) is 0.235. The first-order chi connectivity index (χ1) is 10.5. The predicted molar refractivity (Wildman–Crippen MR) is 89.8 cm³/mol. The number of nitrogens with zero attached hydrogens (tertiary/aromatic N) is 2. The van der Waals surface area contributed by atoms with Gasteiger partial charge in [0.1, 0.15) is 5.82 Å². The van der Waals surface area contributed by atoms with Crippen LogP contribution in [0.4, 0.5) is 11.5 Å². The lowest BCUT2D eigenvalue weighted by atomic mass is 10.2. The Kier molecular flexibility index (Phi) is 5.57. The van der Waals surface area contributed by atoms with Gasteiger partial charge in [0.25, 0.3) is 5.91 Å². The van der Waals surface area contributed by atoms with Crippen molar-refractivity contribution in [2.24, 2.45) is 0 Å². The molecule has 1 heterocycles. The van der Waals surface area contributed by atoms with Gasteiger partial charge in [-0.1, -0.05) is 30.1 Å². The Morgan fingerprint density at radius 1 is 1.23 bits per heavy atom. The SMILES string of the molecule is CCC(C)Nc1ccc(C(=O)Nc2cc(Cl)ccc2Cl)nn1. The molecule has 116 valence electrons. The molecule has 1 amide bonds. The summed E-state index contributed by atoms with van der Waals surface area (Å²) < 4.78 is 0. The highest BCUT2D eigenvalue weighted by Crippen LogP contribution is 2.25. The number of rotatable bonds is 5. The van der Waals surface area contributed by atoms with Crippen molar-refractivity contribution in [3.63, 3.8) is 0 Å². The molecule has 1 atom stereocenters.